The van der Waals surface area contributed by atoms with Gasteiger partial charge in [0.15, 0.2) is 0 Å². The molecule has 0 aliphatic carbocycles. The van der Waals surface area contributed by atoms with Gasteiger partial charge in [0.2, 0.25) is 11.8 Å². The molecule has 0 unspecified atom stereocenters. The number of carbonyl (C=O) groups is 2. The quantitative estimate of drug-likeness (QED) is 0.735. The van der Waals surface area contributed by atoms with Gasteiger partial charge in [0.05, 0.1) is 13.1 Å². The topological polar surface area (TPSA) is 43.9 Å². The van der Waals surface area contributed by atoms with Gasteiger partial charge in [0, 0.05) is 27.2 Å². The lowest BCUT2D eigenvalue weighted by molar-refractivity contribution is -0.134. The normalized spacial score (nSPS) is 16.1. The summed E-state index contributed by atoms with van der Waals surface area (Å²) in [6.45, 7) is 5.32. The van der Waals surface area contributed by atoms with Crippen molar-refractivity contribution in [2.45, 2.75) is 39.0 Å². The van der Waals surface area contributed by atoms with Gasteiger partial charge in [-0.1, -0.05) is 19.8 Å². The van der Waals surface area contributed by atoms with Crippen molar-refractivity contribution < 1.29 is 9.59 Å². The predicted molar refractivity (Wildman–Crippen MR) is 80.5 cm³/mol. The van der Waals surface area contributed by atoms with Crippen LogP contribution in [0.2, 0.25) is 0 Å². The average Bonchev–Trinajstić information content (AvgIpc) is 2.67. The van der Waals surface area contributed by atoms with E-state index in [2.05, 4.69) is 6.92 Å². The molecule has 1 aliphatic rings. The Bertz CT molecular complexity index is 310. The van der Waals surface area contributed by atoms with E-state index in [0.717, 1.165) is 38.9 Å². The first-order chi connectivity index (χ1) is 9.54. The van der Waals surface area contributed by atoms with Crippen LogP contribution in [0.25, 0.3) is 0 Å². The van der Waals surface area contributed by atoms with Gasteiger partial charge in [-0.2, -0.15) is 0 Å². The zero-order chi connectivity index (χ0) is 15.0. The van der Waals surface area contributed by atoms with Gasteiger partial charge in [0.1, 0.15) is 0 Å². The van der Waals surface area contributed by atoms with Crippen LogP contribution in [-0.4, -0.2) is 73.3 Å². The first kappa shape index (κ1) is 17.0. The Morgan fingerprint density at radius 3 is 2.10 bits per heavy atom. The number of likely N-dealkylation sites (tertiary alicyclic amines) is 1. The van der Waals surface area contributed by atoms with Crippen molar-refractivity contribution in [3.05, 3.63) is 0 Å². The van der Waals surface area contributed by atoms with E-state index in [-0.39, 0.29) is 11.8 Å². The van der Waals surface area contributed by atoms with E-state index in [1.807, 2.05) is 9.80 Å². The molecule has 0 spiro atoms. The maximum absolute atomic E-state index is 12.3. The second-order valence-electron chi connectivity index (χ2n) is 5.79. The summed E-state index contributed by atoms with van der Waals surface area (Å²) in [5.41, 5.74) is 0. The molecule has 5 nitrogen and oxygen atoms in total. The Kier molecular flexibility index (Phi) is 7.59. The van der Waals surface area contributed by atoms with E-state index in [1.165, 1.54) is 12.8 Å². The number of rotatable bonds is 6. The Labute approximate surface area is 122 Å². The molecule has 1 aliphatic heterocycles. The van der Waals surface area contributed by atoms with E-state index in [4.69, 9.17) is 0 Å². The zero-order valence-electron chi connectivity index (χ0n) is 13.2. The number of carbonyl (C=O) groups excluding carboxylic acids is 2. The van der Waals surface area contributed by atoms with E-state index in [1.54, 1.807) is 19.0 Å². The van der Waals surface area contributed by atoms with Gasteiger partial charge in [0.25, 0.3) is 0 Å². The van der Waals surface area contributed by atoms with Crippen LogP contribution in [0.4, 0.5) is 0 Å². The smallest absolute Gasteiger partial charge is 0.236 e. The molecule has 5 heteroatoms. The molecule has 1 heterocycles. The molecule has 0 aromatic carbocycles. The van der Waals surface area contributed by atoms with Crippen LogP contribution < -0.4 is 0 Å². The minimum absolute atomic E-state index is 0.0575. The summed E-state index contributed by atoms with van der Waals surface area (Å²) >= 11 is 0. The standard InChI is InChI=1S/C15H29N3O2/c1-4-9-17(12-14(19)16(2)3)13-15(20)18-10-7-5-6-8-11-18/h4-13H2,1-3H3. The second kappa shape index (κ2) is 8.95. The molecule has 0 atom stereocenters. The first-order valence-electron chi connectivity index (χ1n) is 7.75. The lowest BCUT2D eigenvalue weighted by Gasteiger charge is -2.26. The molecule has 0 N–H and O–H groups in total. The highest BCUT2D eigenvalue weighted by Crippen LogP contribution is 2.10. The van der Waals surface area contributed by atoms with Crippen LogP contribution in [0.1, 0.15) is 39.0 Å². The van der Waals surface area contributed by atoms with Gasteiger partial charge in [-0.3, -0.25) is 14.5 Å². The molecule has 0 saturated carbocycles. The lowest BCUT2D eigenvalue weighted by atomic mass is 10.2. The number of amides is 2. The van der Waals surface area contributed by atoms with Crippen molar-refractivity contribution in [2.75, 3.05) is 46.8 Å². The van der Waals surface area contributed by atoms with Crippen LogP contribution in [0.15, 0.2) is 0 Å². The van der Waals surface area contributed by atoms with E-state index < -0.39 is 0 Å². The third-order valence-electron chi connectivity index (χ3n) is 3.72. The van der Waals surface area contributed by atoms with Gasteiger partial charge >= 0.3 is 0 Å². The van der Waals surface area contributed by atoms with Crippen molar-refractivity contribution in [1.29, 1.82) is 0 Å². The molecule has 116 valence electrons. The van der Waals surface area contributed by atoms with E-state index >= 15 is 0 Å². The number of hydrogen-bond donors (Lipinski definition) is 0. The number of hydrogen-bond acceptors (Lipinski definition) is 3. The highest BCUT2D eigenvalue weighted by molar-refractivity contribution is 5.81. The highest BCUT2D eigenvalue weighted by Gasteiger charge is 2.20. The maximum atomic E-state index is 12.3. The zero-order valence-corrected chi connectivity index (χ0v) is 13.2. The van der Waals surface area contributed by atoms with Crippen molar-refractivity contribution in [3.8, 4) is 0 Å². The Hall–Kier alpha value is -1.10. The monoisotopic (exact) mass is 283 g/mol. The van der Waals surface area contributed by atoms with Crippen LogP contribution in [-0.2, 0) is 9.59 Å². The van der Waals surface area contributed by atoms with Gasteiger partial charge in [-0.15, -0.1) is 0 Å². The number of nitrogens with zero attached hydrogens (tertiary/aromatic N) is 3. The summed E-state index contributed by atoms with van der Waals surface area (Å²) in [6.07, 6.45) is 5.61. The lowest BCUT2D eigenvalue weighted by Crippen LogP contribution is -2.44. The summed E-state index contributed by atoms with van der Waals surface area (Å²) in [4.78, 5) is 29.7. The van der Waals surface area contributed by atoms with Crippen LogP contribution in [0.3, 0.4) is 0 Å². The molecule has 0 aromatic heterocycles. The molecule has 1 fully saturated rings. The van der Waals surface area contributed by atoms with Gasteiger partial charge in [-0.05, 0) is 25.8 Å². The summed E-state index contributed by atoms with van der Waals surface area (Å²) < 4.78 is 0. The van der Waals surface area contributed by atoms with E-state index in [9.17, 15) is 9.59 Å². The molecule has 1 rings (SSSR count). The molecular weight excluding hydrogens is 254 g/mol. The highest BCUT2D eigenvalue weighted by atomic mass is 16.2. The van der Waals surface area contributed by atoms with Crippen molar-refractivity contribution in [2.24, 2.45) is 0 Å². The second-order valence-corrected chi connectivity index (χ2v) is 5.79. The fraction of sp³-hybridized carbons (Fsp3) is 0.867. The van der Waals surface area contributed by atoms with Crippen LogP contribution in [0, 0.1) is 0 Å². The maximum Gasteiger partial charge on any atom is 0.236 e. The van der Waals surface area contributed by atoms with Crippen molar-refractivity contribution >= 4 is 11.8 Å². The summed E-state index contributed by atoms with van der Waals surface area (Å²) in [7, 11) is 3.51. The SMILES string of the molecule is CCCN(CC(=O)N(C)C)CC(=O)N1CCCCCC1. The van der Waals surface area contributed by atoms with Gasteiger partial charge in [-0.25, -0.2) is 0 Å². The molecule has 0 aromatic rings. The van der Waals surface area contributed by atoms with Gasteiger partial charge < -0.3 is 9.80 Å². The third-order valence-corrected chi connectivity index (χ3v) is 3.72. The summed E-state index contributed by atoms with van der Waals surface area (Å²) in [5, 5.41) is 0. The average molecular weight is 283 g/mol. The fourth-order valence-corrected chi connectivity index (χ4v) is 2.47. The first-order valence-corrected chi connectivity index (χ1v) is 7.75. The summed E-state index contributed by atoms with van der Waals surface area (Å²) in [6, 6.07) is 0. The third kappa shape index (κ3) is 5.90. The minimum Gasteiger partial charge on any atom is -0.348 e. The Morgan fingerprint density at radius 2 is 1.60 bits per heavy atom. The minimum atomic E-state index is 0.0575. The van der Waals surface area contributed by atoms with Crippen LogP contribution in [0.5, 0.6) is 0 Å². The van der Waals surface area contributed by atoms with Crippen LogP contribution >= 0.6 is 0 Å². The predicted octanol–water partition coefficient (Wildman–Crippen LogP) is 1.19. The molecule has 20 heavy (non-hydrogen) atoms. The van der Waals surface area contributed by atoms with Crippen molar-refractivity contribution in [1.82, 2.24) is 14.7 Å². The Balaban J connectivity index is 2.50. The molecule has 2 amide bonds. The molecular formula is C15H29N3O2. The Morgan fingerprint density at radius 1 is 1.00 bits per heavy atom. The summed E-state index contributed by atoms with van der Waals surface area (Å²) in [5.74, 6) is 0.231. The largest absolute Gasteiger partial charge is 0.348 e. The molecule has 0 radical (unpaired) electrons. The molecule has 0 bridgehead atoms. The van der Waals surface area contributed by atoms with E-state index in [0.29, 0.717) is 13.1 Å². The fourth-order valence-electron chi connectivity index (χ4n) is 2.47. The molecule has 1 saturated heterocycles. The number of likely N-dealkylation sites (N-methyl/N-ethyl adjacent to an activating group) is 1. The van der Waals surface area contributed by atoms with Crippen molar-refractivity contribution in [3.63, 3.8) is 0 Å².